The summed E-state index contributed by atoms with van der Waals surface area (Å²) in [6.07, 6.45) is 0.830. The summed E-state index contributed by atoms with van der Waals surface area (Å²) < 4.78 is 34.2. The van der Waals surface area contributed by atoms with Crippen LogP contribution in [0.5, 0.6) is 11.5 Å². The average molecular weight is 365 g/mol. The summed E-state index contributed by atoms with van der Waals surface area (Å²) in [6.45, 7) is -2.95. The molecule has 25 heavy (non-hydrogen) atoms. The molecule has 1 unspecified atom stereocenters. The van der Waals surface area contributed by atoms with Crippen LogP contribution in [0.3, 0.4) is 0 Å². The lowest BCUT2D eigenvalue weighted by Crippen LogP contribution is -2.30. The van der Waals surface area contributed by atoms with E-state index in [1.54, 1.807) is 11.8 Å². The second-order valence-corrected chi connectivity index (χ2v) is 6.58. The second kappa shape index (κ2) is 7.74. The molecule has 0 bridgehead atoms. The molecule has 2 aromatic rings. The quantitative estimate of drug-likeness (QED) is 0.860. The molecule has 0 aliphatic carbocycles. The van der Waals surface area contributed by atoms with Gasteiger partial charge in [0.15, 0.2) is 11.5 Å². The summed E-state index contributed by atoms with van der Waals surface area (Å²) in [5.74, 6) is 0.626. The van der Waals surface area contributed by atoms with Crippen LogP contribution in [0.1, 0.15) is 28.4 Å². The lowest BCUT2D eigenvalue weighted by atomic mass is 10.0. The van der Waals surface area contributed by atoms with Crippen LogP contribution >= 0.6 is 11.8 Å². The average Bonchev–Trinajstić information content (AvgIpc) is 2.62. The van der Waals surface area contributed by atoms with E-state index in [1.807, 2.05) is 24.3 Å². The van der Waals surface area contributed by atoms with Crippen LogP contribution in [-0.2, 0) is 0 Å². The summed E-state index contributed by atoms with van der Waals surface area (Å²) in [4.78, 5) is 13.7. The molecule has 1 heterocycles. The first-order chi connectivity index (χ1) is 12.1. The molecule has 0 aromatic heterocycles. The fraction of sp³-hybridized carbons (Fsp3) is 0.278. The molecule has 0 spiro atoms. The van der Waals surface area contributed by atoms with E-state index in [0.717, 1.165) is 22.6 Å². The highest BCUT2D eigenvalue weighted by atomic mass is 32.2. The first-order valence-corrected chi connectivity index (χ1v) is 8.72. The van der Waals surface area contributed by atoms with Crippen molar-refractivity contribution in [1.82, 2.24) is 5.32 Å². The molecule has 0 saturated carbocycles. The third-order valence-electron chi connectivity index (χ3n) is 3.91. The first-order valence-electron chi connectivity index (χ1n) is 7.74. The predicted molar refractivity (Wildman–Crippen MR) is 91.6 cm³/mol. The van der Waals surface area contributed by atoms with Crippen molar-refractivity contribution in [3.8, 4) is 11.5 Å². The molecule has 1 atom stereocenters. The van der Waals surface area contributed by atoms with E-state index >= 15 is 0 Å². The third kappa shape index (κ3) is 4.04. The van der Waals surface area contributed by atoms with Crippen LogP contribution in [-0.4, -0.2) is 25.4 Å². The molecule has 0 fully saturated rings. The minimum Gasteiger partial charge on any atom is -0.493 e. The molecular formula is C18H17F2NO3S. The van der Waals surface area contributed by atoms with Crippen molar-refractivity contribution in [3.63, 3.8) is 0 Å². The van der Waals surface area contributed by atoms with Crippen molar-refractivity contribution in [2.24, 2.45) is 0 Å². The van der Waals surface area contributed by atoms with Gasteiger partial charge in [0.1, 0.15) is 0 Å². The smallest absolute Gasteiger partial charge is 0.387 e. The molecule has 2 aromatic carbocycles. The molecule has 1 aliphatic rings. The van der Waals surface area contributed by atoms with E-state index in [9.17, 15) is 13.6 Å². The summed E-state index contributed by atoms with van der Waals surface area (Å²) in [7, 11) is 1.34. The van der Waals surface area contributed by atoms with E-state index in [0.29, 0.717) is 5.56 Å². The maximum Gasteiger partial charge on any atom is 0.387 e. The lowest BCUT2D eigenvalue weighted by Gasteiger charge is -2.26. The number of amides is 1. The molecule has 3 rings (SSSR count). The Morgan fingerprint density at radius 3 is 2.80 bits per heavy atom. The maximum absolute atomic E-state index is 12.6. The van der Waals surface area contributed by atoms with Gasteiger partial charge in [-0.1, -0.05) is 18.2 Å². The number of nitrogens with one attached hydrogen (secondary N) is 1. The van der Waals surface area contributed by atoms with Gasteiger partial charge >= 0.3 is 6.61 Å². The molecule has 0 saturated heterocycles. The number of hydrogen-bond acceptors (Lipinski definition) is 4. The molecule has 1 N–H and O–H groups in total. The van der Waals surface area contributed by atoms with Gasteiger partial charge in [-0.05, 0) is 36.2 Å². The van der Waals surface area contributed by atoms with Gasteiger partial charge in [-0.25, -0.2) is 0 Å². The van der Waals surface area contributed by atoms with Crippen molar-refractivity contribution in [1.29, 1.82) is 0 Å². The Morgan fingerprint density at radius 1 is 1.24 bits per heavy atom. The highest BCUT2D eigenvalue weighted by Gasteiger charge is 2.23. The molecule has 4 nitrogen and oxygen atoms in total. The Morgan fingerprint density at radius 2 is 2.04 bits per heavy atom. The van der Waals surface area contributed by atoms with Crippen LogP contribution in [0.4, 0.5) is 8.78 Å². The Kier molecular flexibility index (Phi) is 5.43. The van der Waals surface area contributed by atoms with Gasteiger partial charge < -0.3 is 14.8 Å². The zero-order valence-corrected chi connectivity index (χ0v) is 14.3. The van der Waals surface area contributed by atoms with Crippen molar-refractivity contribution >= 4 is 17.7 Å². The third-order valence-corrected chi connectivity index (χ3v) is 5.03. The van der Waals surface area contributed by atoms with Gasteiger partial charge in [-0.15, -0.1) is 11.8 Å². The Hall–Kier alpha value is -2.28. The predicted octanol–water partition coefficient (Wildman–Crippen LogP) is 4.26. The summed E-state index contributed by atoms with van der Waals surface area (Å²) in [5, 5.41) is 3.01. The van der Waals surface area contributed by atoms with Gasteiger partial charge in [-0.2, -0.15) is 8.78 Å². The first kappa shape index (κ1) is 17.5. The Labute approximate surface area is 148 Å². The monoisotopic (exact) mass is 365 g/mol. The van der Waals surface area contributed by atoms with Gasteiger partial charge in [0.05, 0.1) is 13.2 Å². The number of halogens is 2. The minimum absolute atomic E-state index is 0.0760. The van der Waals surface area contributed by atoms with E-state index in [4.69, 9.17) is 4.74 Å². The van der Waals surface area contributed by atoms with Gasteiger partial charge in [0.25, 0.3) is 5.91 Å². The number of ether oxygens (including phenoxy) is 2. The fourth-order valence-electron chi connectivity index (χ4n) is 2.74. The second-order valence-electron chi connectivity index (χ2n) is 5.45. The van der Waals surface area contributed by atoms with Crippen molar-refractivity contribution in [2.45, 2.75) is 24.0 Å². The highest BCUT2D eigenvalue weighted by molar-refractivity contribution is 7.99. The molecule has 7 heteroatoms. The number of carbonyl (C=O) groups excluding carboxylic acids is 1. The molecule has 1 aliphatic heterocycles. The van der Waals surface area contributed by atoms with E-state index in [1.165, 1.54) is 25.3 Å². The van der Waals surface area contributed by atoms with E-state index in [-0.39, 0.29) is 23.4 Å². The standard InChI is InChI=1S/C18H17F2NO3S/c1-23-15-10-11(6-7-14(15)24-18(19)20)17(22)21-13-8-9-25-16-5-3-2-4-12(13)16/h2-7,10,13,18H,8-9H2,1H3,(H,21,22). The number of benzene rings is 2. The molecule has 1 amide bonds. The topological polar surface area (TPSA) is 47.6 Å². The van der Waals surface area contributed by atoms with Crippen LogP contribution in [0.25, 0.3) is 0 Å². The summed E-state index contributed by atoms with van der Waals surface area (Å²) in [6, 6.07) is 12.0. The summed E-state index contributed by atoms with van der Waals surface area (Å²) >= 11 is 1.77. The van der Waals surface area contributed by atoms with Crippen molar-refractivity contribution in [2.75, 3.05) is 12.9 Å². The lowest BCUT2D eigenvalue weighted by molar-refractivity contribution is -0.0512. The molecule has 132 valence electrons. The SMILES string of the molecule is COc1cc(C(=O)NC2CCSc3ccccc32)ccc1OC(F)F. The zero-order valence-electron chi connectivity index (χ0n) is 13.5. The maximum atomic E-state index is 12.6. The normalized spacial score (nSPS) is 16.2. The van der Waals surface area contributed by atoms with Crippen molar-refractivity contribution < 1.29 is 23.0 Å². The van der Waals surface area contributed by atoms with Crippen LogP contribution < -0.4 is 14.8 Å². The largest absolute Gasteiger partial charge is 0.493 e. The molecular weight excluding hydrogens is 348 g/mol. The van der Waals surface area contributed by atoms with E-state index in [2.05, 4.69) is 10.1 Å². The molecule has 0 radical (unpaired) electrons. The zero-order chi connectivity index (χ0) is 17.8. The number of hydrogen-bond donors (Lipinski definition) is 1. The van der Waals surface area contributed by atoms with Gasteiger partial charge in [-0.3, -0.25) is 4.79 Å². The minimum atomic E-state index is -2.95. The number of methoxy groups -OCH3 is 1. The van der Waals surface area contributed by atoms with Crippen LogP contribution in [0.15, 0.2) is 47.4 Å². The Bertz CT molecular complexity index is 770. The van der Waals surface area contributed by atoms with Crippen molar-refractivity contribution in [3.05, 3.63) is 53.6 Å². The number of alkyl halides is 2. The number of fused-ring (bicyclic) bond motifs is 1. The number of carbonyl (C=O) groups is 1. The summed E-state index contributed by atoms with van der Waals surface area (Å²) in [5.41, 5.74) is 1.42. The highest BCUT2D eigenvalue weighted by Crippen LogP contribution is 2.36. The Balaban J connectivity index is 1.78. The van der Waals surface area contributed by atoms with Crippen LogP contribution in [0.2, 0.25) is 0 Å². The van der Waals surface area contributed by atoms with Gasteiger partial charge in [0, 0.05) is 16.2 Å². The van der Waals surface area contributed by atoms with Crippen LogP contribution in [0, 0.1) is 0 Å². The number of rotatable bonds is 5. The van der Waals surface area contributed by atoms with Gasteiger partial charge in [0.2, 0.25) is 0 Å². The number of thioether (sulfide) groups is 1. The van der Waals surface area contributed by atoms with E-state index < -0.39 is 6.61 Å². The fourth-order valence-corrected chi connectivity index (χ4v) is 3.86.